The fraction of sp³-hybridized carbons (Fsp3) is 0.333. The van der Waals surface area contributed by atoms with Gasteiger partial charge in [-0.15, -0.1) is 0 Å². The standard InChI is InChI=1S/C24H23ClN4O3/c1-13-9-16(14(2)27-19-3-4-22(25)29-23(19)24(30)31)18-11-17(15-5-7-32-8-6-15)21(12-26)28-20(18)10-13/h3-4,9-11,14-15,27H,5-8H2,1-2H3,(H,30,31). The minimum atomic E-state index is -1.15. The Morgan fingerprint density at radius 3 is 2.72 bits per heavy atom. The number of rotatable bonds is 5. The van der Waals surface area contributed by atoms with Gasteiger partial charge in [0.15, 0.2) is 5.69 Å². The summed E-state index contributed by atoms with van der Waals surface area (Å²) in [6.45, 7) is 5.28. The highest BCUT2D eigenvalue weighted by atomic mass is 35.5. The second-order valence-corrected chi connectivity index (χ2v) is 8.43. The highest BCUT2D eigenvalue weighted by molar-refractivity contribution is 6.29. The average molecular weight is 451 g/mol. The van der Waals surface area contributed by atoms with Gasteiger partial charge in [0.25, 0.3) is 0 Å². The smallest absolute Gasteiger partial charge is 0.356 e. The largest absolute Gasteiger partial charge is 0.476 e. The molecule has 0 amide bonds. The van der Waals surface area contributed by atoms with Crippen molar-refractivity contribution >= 4 is 34.2 Å². The highest BCUT2D eigenvalue weighted by Gasteiger charge is 2.23. The number of fused-ring (bicyclic) bond motifs is 1. The molecule has 0 spiro atoms. The molecule has 1 unspecified atom stereocenters. The van der Waals surface area contributed by atoms with Crippen LogP contribution in [0.3, 0.4) is 0 Å². The fourth-order valence-corrected chi connectivity index (χ4v) is 4.41. The Hall–Kier alpha value is -3.21. The van der Waals surface area contributed by atoms with Crippen LogP contribution in [0.2, 0.25) is 5.15 Å². The van der Waals surface area contributed by atoms with E-state index in [1.807, 2.05) is 19.9 Å². The highest BCUT2D eigenvalue weighted by Crippen LogP contribution is 2.35. The summed E-state index contributed by atoms with van der Waals surface area (Å²) in [6, 6.07) is 11.3. The predicted octanol–water partition coefficient (Wildman–Crippen LogP) is 5.23. The number of benzene rings is 1. The van der Waals surface area contributed by atoms with Gasteiger partial charge >= 0.3 is 5.97 Å². The summed E-state index contributed by atoms with van der Waals surface area (Å²) >= 11 is 5.89. The van der Waals surface area contributed by atoms with Crippen LogP contribution >= 0.6 is 11.6 Å². The van der Waals surface area contributed by atoms with Crippen LogP contribution in [0, 0.1) is 18.3 Å². The Labute approximate surface area is 191 Å². The Morgan fingerprint density at radius 2 is 2.03 bits per heavy atom. The molecule has 32 heavy (non-hydrogen) atoms. The van der Waals surface area contributed by atoms with E-state index in [0.29, 0.717) is 24.6 Å². The van der Waals surface area contributed by atoms with Crippen molar-refractivity contribution in [3.8, 4) is 6.07 Å². The number of hydrogen-bond donors (Lipinski definition) is 2. The topological polar surface area (TPSA) is 108 Å². The quantitative estimate of drug-likeness (QED) is 0.512. The third-order valence-corrected chi connectivity index (χ3v) is 6.02. The number of nitriles is 1. The summed E-state index contributed by atoms with van der Waals surface area (Å²) in [5.41, 5.74) is 4.37. The SMILES string of the molecule is Cc1cc(C(C)Nc2ccc(Cl)nc2C(=O)O)c2cc(C3CCOCC3)c(C#N)nc2c1. The molecule has 1 saturated heterocycles. The molecule has 7 nitrogen and oxygen atoms in total. The van der Waals surface area contributed by atoms with Crippen molar-refractivity contribution in [2.75, 3.05) is 18.5 Å². The molecule has 1 fully saturated rings. The van der Waals surface area contributed by atoms with E-state index in [4.69, 9.17) is 16.3 Å². The molecule has 0 aliphatic carbocycles. The molecule has 164 valence electrons. The summed E-state index contributed by atoms with van der Waals surface area (Å²) < 4.78 is 5.49. The number of hydrogen-bond acceptors (Lipinski definition) is 6. The summed E-state index contributed by atoms with van der Waals surface area (Å²) in [6.07, 6.45) is 1.71. The van der Waals surface area contributed by atoms with Gasteiger partial charge in [0.05, 0.1) is 11.2 Å². The second kappa shape index (κ2) is 9.11. The zero-order chi connectivity index (χ0) is 22.8. The number of aromatic nitrogens is 2. The maximum atomic E-state index is 11.6. The van der Waals surface area contributed by atoms with E-state index in [9.17, 15) is 15.2 Å². The van der Waals surface area contributed by atoms with Crippen molar-refractivity contribution in [2.24, 2.45) is 0 Å². The Bertz CT molecular complexity index is 1230. The van der Waals surface area contributed by atoms with Crippen LogP contribution in [0.5, 0.6) is 0 Å². The lowest BCUT2D eigenvalue weighted by atomic mass is 9.88. The molecule has 1 atom stereocenters. The van der Waals surface area contributed by atoms with Crippen molar-refractivity contribution < 1.29 is 14.6 Å². The van der Waals surface area contributed by atoms with Crippen molar-refractivity contribution in [1.82, 2.24) is 9.97 Å². The molecular formula is C24H23ClN4O3. The number of anilines is 1. The number of nitrogens with one attached hydrogen (secondary N) is 1. The van der Waals surface area contributed by atoms with Crippen LogP contribution in [0.25, 0.3) is 10.9 Å². The molecule has 8 heteroatoms. The van der Waals surface area contributed by atoms with Crippen LogP contribution in [0.4, 0.5) is 5.69 Å². The van der Waals surface area contributed by atoms with Crippen molar-refractivity contribution in [2.45, 2.75) is 38.6 Å². The first-order valence-electron chi connectivity index (χ1n) is 10.5. The fourth-order valence-electron chi connectivity index (χ4n) is 4.26. The zero-order valence-corrected chi connectivity index (χ0v) is 18.6. The van der Waals surface area contributed by atoms with Crippen LogP contribution in [0.1, 0.15) is 64.6 Å². The number of aryl methyl sites for hydroxylation is 1. The van der Waals surface area contributed by atoms with Gasteiger partial charge in [-0.3, -0.25) is 0 Å². The maximum absolute atomic E-state index is 11.6. The third-order valence-electron chi connectivity index (χ3n) is 5.81. The first kappa shape index (κ1) is 22.0. The maximum Gasteiger partial charge on any atom is 0.356 e. The molecule has 2 N–H and O–H groups in total. The van der Waals surface area contributed by atoms with Gasteiger partial charge in [-0.2, -0.15) is 5.26 Å². The molecule has 0 saturated carbocycles. The molecule has 2 aromatic heterocycles. The zero-order valence-electron chi connectivity index (χ0n) is 17.9. The summed E-state index contributed by atoms with van der Waals surface area (Å²) in [7, 11) is 0. The van der Waals surface area contributed by atoms with E-state index in [1.165, 1.54) is 0 Å². The molecule has 0 bridgehead atoms. The van der Waals surface area contributed by atoms with Gasteiger partial charge in [0.2, 0.25) is 0 Å². The Kier molecular flexibility index (Phi) is 6.26. The number of nitrogens with zero attached hydrogens (tertiary/aromatic N) is 3. The summed E-state index contributed by atoms with van der Waals surface area (Å²) in [4.78, 5) is 20.3. The number of carboxylic acids is 1. The molecule has 1 aliphatic heterocycles. The molecule has 3 aromatic rings. The van der Waals surface area contributed by atoms with E-state index in [-0.39, 0.29) is 22.8 Å². The lowest BCUT2D eigenvalue weighted by Crippen LogP contribution is -2.16. The van der Waals surface area contributed by atoms with Gasteiger partial charge in [-0.05, 0) is 73.6 Å². The minimum Gasteiger partial charge on any atom is -0.476 e. The molecule has 0 radical (unpaired) electrons. The Morgan fingerprint density at radius 1 is 1.28 bits per heavy atom. The van der Waals surface area contributed by atoms with Crippen molar-refractivity contribution in [3.05, 3.63) is 63.6 Å². The molecule has 1 aliphatic rings. The predicted molar refractivity (Wildman–Crippen MR) is 122 cm³/mol. The summed E-state index contributed by atoms with van der Waals surface area (Å²) in [5, 5.41) is 23.6. The van der Waals surface area contributed by atoms with E-state index in [1.54, 1.807) is 12.1 Å². The van der Waals surface area contributed by atoms with Crippen molar-refractivity contribution in [1.29, 1.82) is 5.26 Å². The number of aromatic carboxylic acids is 1. The normalized spacial score (nSPS) is 15.3. The molecular weight excluding hydrogens is 428 g/mol. The van der Waals surface area contributed by atoms with Crippen LogP contribution in [-0.4, -0.2) is 34.3 Å². The number of ether oxygens (including phenoxy) is 1. The number of halogens is 1. The van der Waals surface area contributed by atoms with Crippen LogP contribution in [-0.2, 0) is 4.74 Å². The third kappa shape index (κ3) is 4.38. The van der Waals surface area contributed by atoms with Gasteiger partial charge < -0.3 is 15.2 Å². The average Bonchev–Trinajstić information content (AvgIpc) is 2.79. The lowest BCUT2D eigenvalue weighted by Gasteiger charge is -2.24. The van der Waals surface area contributed by atoms with E-state index < -0.39 is 5.97 Å². The first-order chi connectivity index (χ1) is 15.4. The lowest BCUT2D eigenvalue weighted by molar-refractivity contribution is 0.0691. The second-order valence-electron chi connectivity index (χ2n) is 8.05. The van der Waals surface area contributed by atoms with Crippen molar-refractivity contribution in [3.63, 3.8) is 0 Å². The van der Waals surface area contributed by atoms with Gasteiger partial charge in [0.1, 0.15) is 16.9 Å². The number of carbonyl (C=O) groups is 1. The van der Waals surface area contributed by atoms with Gasteiger partial charge in [-0.1, -0.05) is 17.7 Å². The number of pyridine rings is 2. The van der Waals surface area contributed by atoms with Gasteiger partial charge in [-0.25, -0.2) is 14.8 Å². The summed E-state index contributed by atoms with van der Waals surface area (Å²) in [5.74, 6) is -0.926. The van der Waals surface area contributed by atoms with E-state index in [0.717, 1.165) is 40.4 Å². The van der Waals surface area contributed by atoms with E-state index in [2.05, 4.69) is 33.5 Å². The van der Waals surface area contributed by atoms with Crippen LogP contribution in [0.15, 0.2) is 30.3 Å². The molecule has 4 rings (SSSR count). The molecule has 1 aromatic carbocycles. The van der Waals surface area contributed by atoms with Gasteiger partial charge in [0, 0.05) is 24.6 Å². The Balaban J connectivity index is 1.80. The number of carboxylic acid groups (broad SMARTS) is 1. The minimum absolute atomic E-state index is 0.121. The monoisotopic (exact) mass is 450 g/mol. The first-order valence-corrected chi connectivity index (χ1v) is 10.8. The van der Waals surface area contributed by atoms with E-state index >= 15 is 0 Å². The molecule has 3 heterocycles. The van der Waals surface area contributed by atoms with Crippen LogP contribution < -0.4 is 5.32 Å².